The van der Waals surface area contributed by atoms with Gasteiger partial charge in [0.2, 0.25) is 0 Å². The van der Waals surface area contributed by atoms with Crippen LogP contribution in [-0.2, 0) is 12.6 Å². The molecule has 0 atom stereocenters. The highest BCUT2D eigenvalue weighted by Crippen LogP contribution is 2.37. The molecule has 8 heteroatoms. The first kappa shape index (κ1) is 21.4. The Labute approximate surface area is 173 Å². The molecular formula is C21H24ClF3N4. The van der Waals surface area contributed by atoms with Crippen molar-refractivity contribution in [3.63, 3.8) is 0 Å². The molecule has 0 N–H and O–H groups in total. The highest BCUT2D eigenvalue weighted by molar-refractivity contribution is 6.33. The average molecular weight is 425 g/mol. The van der Waals surface area contributed by atoms with Crippen molar-refractivity contribution in [2.45, 2.75) is 46.2 Å². The van der Waals surface area contributed by atoms with Gasteiger partial charge >= 0.3 is 6.18 Å². The van der Waals surface area contributed by atoms with Crippen LogP contribution < -0.4 is 4.90 Å². The van der Waals surface area contributed by atoms with E-state index in [1.54, 1.807) is 6.20 Å². The van der Waals surface area contributed by atoms with Gasteiger partial charge in [0, 0.05) is 31.0 Å². The normalized spacial score (nSPS) is 12.0. The van der Waals surface area contributed by atoms with Crippen LogP contribution in [-0.4, -0.2) is 27.5 Å². The summed E-state index contributed by atoms with van der Waals surface area (Å²) in [4.78, 5) is 11.5. The van der Waals surface area contributed by atoms with Gasteiger partial charge in [0.05, 0.1) is 16.3 Å². The molecular weight excluding hydrogens is 401 g/mol. The Morgan fingerprint density at radius 2 is 1.79 bits per heavy atom. The quantitative estimate of drug-likeness (QED) is 0.449. The molecule has 4 nitrogen and oxygen atoms in total. The van der Waals surface area contributed by atoms with E-state index in [1.165, 1.54) is 6.07 Å². The van der Waals surface area contributed by atoms with Crippen molar-refractivity contribution in [3.05, 3.63) is 46.9 Å². The molecule has 3 rings (SSSR count). The molecule has 0 spiro atoms. The predicted octanol–water partition coefficient (Wildman–Crippen LogP) is 6.26. The zero-order chi connectivity index (χ0) is 21.2. The van der Waals surface area contributed by atoms with Gasteiger partial charge in [-0.2, -0.15) is 13.2 Å². The second kappa shape index (κ2) is 8.61. The topological polar surface area (TPSA) is 33.4 Å². The van der Waals surface area contributed by atoms with E-state index in [9.17, 15) is 13.2 Å². The Morgan fingerprint density at radius 1 is 1.10 bits per heavy atom. The number of anilines is 1. The Morgan fingerprint density at radius 3 is 2.34 bits per heavy atom. The van der Waals surface area contributed by atoms with E-state index in [1.807, 2.05) is 17.5 Å². The van der Waals surface area contributed by atoms with Crippen LogP contribution in [0.25, 0.3) is 16.9 Å². The van der Waals surface area contributed by atoms with Crippen LogP contribution in [0.3, 0.4) is 0 Å². The minimum atomic E-state index is -4.45. The summed E-state index contributed by atoms with van der Waals surface area (Å²) in [6, 6.07) is 3.33. The molecule has 0 saturated carbocycles. The van der Waals surface area contributed by atoms with Crippen LogP contribution in [0.4, 0.5) is 19.0 Å². The lowest BCUT2D eigenvalue weighted by Gasteiger charge is -2.24. The highest BCUT2D eigenvalue weighted by atomic mass is 35.5. The SMILES string of the molecule is CCCN(CCC)c1c(CC)nc2c(-c3ccc(C(F)(F)F)cc3Cl)nccn12. The van der Waals surface area contributed by atoms with Crippen LogP contribution in [0.2, 0.25) is 5.02 Å². The third-order valence-corrected chi connectivity index (χ3v) is 5.07. The monoisotopic (exact) mass is 424 g/mol. The molecule has 0 saturated heterocycles. The minimum absolute atomic E-state index is 0.00185. The number of imidazole rings is 1. The first-order chi connectivity index (χ1) is 13.8. The number of halogens is 4. The Bertz CT molecular complexity index is 991. The number of aromatic nitrogens is 3. The molecule has 0 bridgehead atoms. The maximum atomic E-state index is 13.0. The Kier molecular flexibility index (Phi) is 6.36. The predicted molar refractivity (Wildman–Crippen MR) is 111 cm³/mol. The minimum Gasteiger partial charge on any atom is -0.356 e. The largest absolute Gasteiger partial charge is 0.416 e. The number of aryl methyl sites for hydroxylation is 1. The summed E-state index contributed by atoms with van der Waals surface area (Å²) in [5, 5.41) is 0.00185. The van der Waals surface area contributed by atoms with Crippen molar-refractivity contribution < 1.29 is 13.2 Å². The van der Waals surface area contributed by atoms with Gasteiger partial charge in [0.25, 0.3) is 0 Å². The lowest BCUT2D eigenvalue weighted by molar-refractivity contribution is -0.137. The molecule has 3 aromatic rings. The van der Waals surface area contributed by atoms with Crippen molar-refractivity contribution in [1.29, 1.82) is 0 Å². The Hall–Kier alpha value is -2.28. The van der Waals surface area contributed by atoms with Crippen molar-refractivity contribution in [2.75, 3.05) is 18.0 Å². The molecule has 0 aliphatic carbocycles. The van der Waals surface area contributed by atoms with Crippen LogP contribution >= 0.6 is 11.6 Å². The van der Waals surface area contributed by atoms with Gasteiger partial charge in [-0.15, -0.1) is 0 Å². The van der Waals surface area contributed by atoms with Gasteiger partial charge in [0.1, 0.15) is 11.5 Å². The number of fused-ring (bicyclic) bond motifs is 1. The van der Waals surface area contributed by atoms with E-state index in [0.717, 1.165) is 56.0 Å². The van der Waals surface area contributed by atoms with E-state index in [4.69, 9.17) is 16.6 Å². The standard InChI is InChI=1S/C21H24ClF3N4/c1-4-10-28(11-5-2)20-17(6-3)27-19-18(26-9-12-29(19)20)15-8-7-14(13-16(15)22)21(23,24)25/h7-9,12-13H,4-6,10-11H2,1-3H3. The average Bonchev–Trinajstić information content (AvgIpc) is 3.06. The second-order valence-corrected chi connectivity index (χ2v) is 7.29. The van der Waals surface area contributed by atoms with Crippen molar-refractivity contribution in [3.8, 4) is 11.3 Å². The molecule has 2 aromatic heterocycles. The zero-order valence-electron chi connectivity index (χ0n) is 16.7. The number of alkyl halides is 3. The second-order valence-electron chi connectivity index (χ2n) is 6.88. The van der Waals surface area contributed by atoms with Gasteiger partial charge in [0.15, 0.2) is 5.65 Å². The van der Waals surface area contributed by atoms with Crippen molar-refractivity contribution in [1.82, 2.24) is 14.4 Å². The fourth-order valence-corrected chi connectivity index (χ4v) is 3.79. The Balaban J connectivity index is 2.19. The molecule has 156 valence electrons. The first-order valence-corrected chi connectivity index (χ1v) is 10.2. The summed E-state index contributed by atoms with van der Waals surface area (Å²) < 4.78 is 41.0. The highest BCUT2D eigenvalue weighted by Gasteiger charge is 2.31. The van der Waals surface area contributed by atoms with Crippen molar-refractivity contribution >= 4 is 23.1 Å². The van der Waals surface area contributed by atoms with Gasteiger partial charge in [-0.05, 0) is 31.4 Å². The van der Waals surface area contributed by atoms with Crippen LogP contribution in [0.5, 0.6) is 0 Å². The number of rotatable bonds is 7. The molecule has 0 aliphatic heterocycles. The number of hydrogen-bond acceptors (Lipinski definition) is 3. The summed E-state index contributed by atoms with van der Waals surface area (Å²) in [5.41, 5.74) is 1.65. The number of benzene rings is 1. The smallest absolute Gasteiger partial charge is 0.356 e. The van der Waals surface area contributed by atoms with Crippen LogP contribution in [0.1, 0.15) is 44.9 Å². The van der Waals surface area contributed by atoms with Gasteiger partial charge in [-0.3, -0.25) is 9.38 Å². The molecule has 0 amide bonds. The van der Waals surface area contributed by atoms with Gasteiger partial charge < -0.3 is 4.90 Å². The number of nitrogens with zero attached hydrogens (tertiary/aromatic N) is 4. The van der Waals surface area contributed by atoms with Crippen molar-refractivity contribution in [2.24, 2.45) is 0 Å². The molecule has 0 fully saturated rings. The fraction of sp³-hybridized carbons (Fsp3) is 0.429. The van der Waals surface area contributed by atoms with Crippen LogP contribution in [0.15, 0.2) is 30.6 Å². The lowest BCUT2D eigenvalue weighted by Crippen LogP contribution is -2.27. The molecule has 0 radical (unpaired) electrons. The summed E-state index contributed by atoms with van der Waals surface area (Å²) in [7, 11) is 0. The summed E-state index contributed by atoms with van der Waals surface area (Å²) in [6.07, 6.45) is 1.77. The van der Waals surface area contributed by atoms with Gasteiger partial charge in [-0.1, -0.05) is 38.4 Å². The molecule has 0 unspecified atom stereocenters. The van der Waals surface area contributed by atoms with E-state index in [-0.39, 0.29) is 5.02 Å². The van der Waals surface area contributed by atoms with Crippen LogP contribution in [0, 0.1) is 0 Å². The summed E-state index contributed by atoms with van der Waals surface area (Å²) in [6.45, 7) is 8.10. The molecule has 1 aromatic carbocycles. The van der Waals surface area contributed by atoms with E-state index in [2.05, 4.69) is 23.7 Å². The van der Waals surface area contributed by atoms with E-state index in [0.29, 0.717) is 16.9 Å². The number of hydrogen-bond donors (Lipinski definition) is 0. The van der Waals surface area contributed by atoms with E-state index < -0.39 is 11.7 Å². The van der Waals surface area contributed by atoms with E-state index >= 15 is 0 Å². The summed E-state index contributed by atoms with van der Waals surface area (Å²) >= 11 is 6.23. The zero-order valence-corrected chi connectivity index (χ0v) is 17.5. The fourth-order valence-electron chi connectivity index (χ4n) is 3.52. The maximum Gasteiger partial charge on any atom is 0.416 e. The molecule has 29 heavy (non-hydrogen) atoms. The molecule has 0 aliphatic rings. The molecule has 2 heterocycles. The summed E-state index contributed by atoms with van der Waals surface area (Å²) in [5.74, 6) is 1.01. The third kappa shape index (κ3) is 4.20. The third-order valence-electron chi connectivity index (χ3n) is 4.76. The first-order valence-electron chi connectivity index (χ1n) is 9.79. The van der Waals surface area contributed by atoms with Gasteiger partial charge in [-0.25, -0.2) is 4.98 Å². The lowest BCUT2D eigenvalue weighted by atomic mass is 10.1. The maximum absolute atomic E-state index is 13.0.